The number of carbonyl (C=O) groups excluding carboxylic acids is 1. The van der Waals surface area contributed by atoms with Crippen LogP contribution in [0.25, 0.3) is 0 Å². The highest BCUT2D eigenvalue weighted by Crippen LogP contribution is 2.33. The number of aryl methyl sites for hydroxylation is 1. The van der Waals surface area contributed by atoms with Crippen LogP contribution in [-0.4, -0.2) is 32.2 Å². The number of ether oxygens (including phenoxy) is 1. The molecule has 1 aliphatic carbocycles. The molecule has 2 aliphatic rings. The van der Waals surface area contributed by atoms with E-state index in [1.807, 2.05) is 0 Å². The van der Waals surface area contributed by atoms with Gasteiger partial charge in [0.1, 0.15) is 0 Å². The minimum atomic E-state index is -0.420. The third kappa shape index (κ3) is 3.29. The van der Waals surface area contributed by atoms with Gasteiger partial charge in [-0.3, -0.25) is 4.79 Å². The first kappa shape index (κ1) is 17.3. The SMILES string of the molecule is Cl.NCC1(C(=O)NCC2CCc3ccccc32)CCOCC1. The van der Waals surface area contributed by atoms with Gasteiger partial charge in [0.05, 0.1) is 5.41 Å². The number of rotatable bonds is 4. The first-order chi connectivity index (χ1) is 10.2. The summed E-state index contributed by atoms with van der Waals surface area (Å²) in [6, 6.07) is 8.55. The molecular weight excluding hydrogens is 300 g/mol. The van der Waals surface area contributed by atoms with Gasteiger partial charge >= 0.3 is 0 Å². The topological polar surface area (TPSA) is 64.4 Å². The maximum Gasteiger partial charge on any atom is 0.227 e. The molecule has 5 heteroatoms. The van der Waals surface area contributed by atoms with E-state index < -0.39 is 5.41 Å². The highest BCUT2D eigenvalue weighted by Gasteiger charge is 2.39. The van der Waals surface area contributed by atoms with Crippen molar-refractivity contribution in [1.29, 1.82) is 0 Å². The molecule has 1 heterocycles. The van der Waals surface area contributed by atoms with Crippen molar-refractivity contribution in [3.05, 3.63) is 35.4 Å². The molecule has 22 heavy (non-hydrogen) atoms. The molecule has 1 aromatic rings. The molecule has 0 spiro atoms. The zero-order chi connectivity index (χ0) is 14.7. The van der Waals surface area contributed by atoms with Crippen LogP contribution >= 0.6 is 12.4 Å². The van der Waals surface area contributed by atoms with Crippen molar-refractivity contribution in [2.24, 2.45) is 11.1 Å². The molecule has 3 rings (SSSR count). The lowest BCUT2D eigenvalue weighted by Gasteiger charge is -2.34. The third-order valence-corrected chi connectivity index (χ3v) is 5.09. The molecule has 4 nitrogen and oxygen atoms in total. The molecule has 1 unspecified atom stereocenters. The van der Waals surface area contributed by atoms with E-state index in [2.05, 4.69) is 29.6 Å². The normalized spacial score (nSPS) is 22.5. The largest absolute Gasteiger partial charge is 0.381 e. The standard InChI is InChI=1S/C17H24N2O2.ClH/c18-12-17(7-9-21-10-8-17)16(20)19-11-14-6-5-13-3-1-2-4-15(13)14;/h1-4,14H,5-12,18H2,(H,19,20);1H. The zero-order valence-corrected chi connectivity index (χ0v) is 13.7. The smallest absolute Gasteiger partial charge is 0.227 e. The molecule has 1 fully saturated rings. The number of halogens is 1. The number of amides is 1. The first-order valence-electron chi connectivity index (χ1n) is 7.89. The second-order valence-electron chi connectivity index (χ2n) is 6.24. The van der Waals surface area contributed by atoms with Gasteiger partial charge in [0.25, 0.3) is 0 Å². The Morgan fingerprint density at radius 3 is 2.77 bits per heavy atom. The summed E-state index contributed by atoms with van der Waals surface area (Å²) in [5.74, 6) is 0.553. The third-order valence-electron chi connectivity index (χ3n) is 5.09. The van der Waals surface area contributed by atoms with Gasteiger partial charge in [-0.25, -0.2) is 0 Å². The Balaban J connectivity index is 0.00000176. The van der Waals surface area contributed by atoms with Gasteiger partial charge in [-0.2, -0.15) is 0 Å². The Hall–Kier alpha value is -1.10. The Labute approximate surface area is 138 Å². The number of carbonyl (C=O) groups is 1. The second-order valence-corrected chi connectivity index (χ2v) is 6.24. The maximum absolute atomic E-state index is 12.6. The van der Waals surface area contributed by atoms with Crippen molar-refractivity contribution in [3.63, 3.8) is 0 Å². The predicted octanol–water partition coefficient (Wildman–Crippen LogP) is 2.01. The maximum atomic E-state index is 12.6. The van der Waals surface area contributed by atoms with Gasteiger partial charge in [0, 0.05) is 32.2 Å². The highest BCUT2D eigenvalue weighted by molar-refractivity contribution is 5.85. The Bertz CT molecular complexity index is 515. The lowest BCUT2D eigenvalue weighted by Crippen LogP contribution is -2.49. The molecule has 0 saturated carbocycles. The molecule has 1 amide bonds. The Kier molecular flexibility index (Phi) is 5.84. The van der Waals surface area contributed by atoms with Crippen molar-refractivity contribution < 1.29 is 9.53 Å². The van der Waals surface area contributed by atoms with E-state index in [0.29, 0.717) is 25.7 Å². The van der Waals surface area contributed by atoms with Crippen LogP contribution in [0.3, 0.4) is 0 Å². The molecule has 1 aliphatic heterocycles. The monoisotopic (exact) mass is 324 g/mol. The van der Waals surface area contributed by atoms with Crippen LogP contribution < -0.4 is 11.1 Å². The summed E-state index contributed by atoms with van der Waals surface area (Å²) in [4.78, 5) is 12.6. The van der Waals surface area contributed by atoms with Gasteiger partial charge in [-0.15, -0.1) is 12.4 Å². The molecule has 1 atom stereocenters. The molecule has 0 aromatic heterocycles. The van der Waals surface area contributed by atoms with Crippen LogP contribution in [0, 0.1) is 5.41 Å². The van der Waals surface area contributed by atoms with E-state index >= 15 is 0 Å². The summed E-state index contributed by atoms with van der Waals surface area (Å²) in [6.45, 7) is 2.40. The Morgan fingerprint density at radius 2 is 2.05 bits per heavy atom. The van der Waals surface area contributed by atoms with Gasteiger partial charge in [0.15, 0.2) is 0 Å². The van der Waals surface area contributed by atoms with E-state index in [9.17, 15) is 4.79 Å². The fourth-order valence-corrected chi connectivity index (χ4v) is 3.55. The van der Waals surface area contributed by atoms with Gasteiger partial charge in [-0.1, -0.05) is 24.3 Å². The predicted molar refractivity (Wildman–Crippen MR) is 89.3 cm³/mol. The van der Waals surface area contributed by atoms with E-state index in [1.54, 1.807) is 0 Å². The fourth-order valence-electron chi connectivity index (χ4n) is 3.55. The number of hydrogen-bond donors (Lipinski definition) is 2. The first-order valence-corrected chi connectivity index (χ1v) is 7.89. The highest BCUT2D eigenvalue weighted by atomic mass is 35.5. The number of hydrogen-bond acceptors (Lipinski definition) is 3. The van der Waals surface area contributed by atoms with Crippen molar-refractivity contribution in [2.75, 3.05) is 26.3 Å². The van der Waals surface area contributed by atoms with E-state index in [0.717, 1.165) is 32.2 Å². The van der Waals surface area contributed by atoms with Crippen LogP contribution in [-0.2, 0) is 16.0 Å². The van der Waals surface area contributed by atoms with E-state index in [1.165, 1.54) is 11.1 Å². The summed E-state index contributed by atoms with van der Waals surface area (Å²) < 4.78 is 5.37. The van der Waals surface area contributed by atoms with E-state index in [-0.39, 0.29) is 18.3 Å². The number of benzene rings is 1. The molecule has 0 radical (unpaired) electrons. The molecule has 0 bridgehead atoms. The number of nitrogens with one attached hydrogen (secondary N) is 1. The molecule has 1 aromatic carbocycles. The molecule has 3 N–H and O–H groups in total. The quantitative estimate of drug-likeness (QED) is 0.890. The van der Waals surface area contributed by atoms with Crippen molar-refractivity contribution >= 4 is 18.3 Å². The molecular formula is C17H25ClN2O2. The van der Waals surface area contributed by atoms with Crippen LogP contribution in [0.4, 0.5) is 0 Å². The lowest BCUT2D eigenvalue weighted by molar-refractivity contribution is -0.135. The molecule has 122 valence electrons. The summed E-state index contributed by atoms with van der Waals surface area (Å²) in [6.07, 6.45) is 3.71. The van der Waals surface area contributed by atoms with Crippen molar-refractivity contribution in [3.8, 4) is 0 Å². The summed E-state index contributed by atoms with van der Waals surface area (Å²) in [7, 11) is 0. The zero-order valence-electron chi connectivity index (χ0n) is 12.8. The Morgan fingerprint density at radius 1 is 1.32 bits per heavy atom. The average molecular weight is 325 g/mol. The summed E-state index contributed by atoms with van der Waals surface area (Å²) in [5, 5.41) is 3.15. The molecule has 1 saturated heterocycles. The minimum absolute atomic E-state index is 0. The number of nitrogens with two attached hydrogens (primary N) is 1. The van der Waals surface area contributed by atoms with Crippen LogP contribution in [0.5, 0.6) is 0 Å². The van der Waals surface area contributed by atoms with E-state index in [4.69, 9.17) is 10.5 Å². The average Bonchev–Trinajstić information content (AvgIpc) is 2.96. The van der Waals surface area contributed by atoms with Gasteiger partial charge < -0.3 is 15.8 Å². The summed E-state index contributed by atoms with van der Waals surface area (Å²) >= 11 is 0. The van der Waals surface area contributed by atoms with Gasteiger partial charge in [0.2, 0.25) is 5.91 Å². The summed E-state index contributed by atoms with van der Waals surface area (Å²) in [5.41, 5.74) is 8.28. The minimum Gasteiger partial charge on any atom is -0.381 e. The fraction of sp³-hybridized carbons (Fsp3) is 0.588. The van der Waals surface area contributed by atoms with Crippen LogP contribution in [0.2, 0.25) is 0 Å². The second kappa shape index (κ2) is 7.44. The number of fused-ring (bicyclic) bond motifs is 1. The van der Waals surface area contributed by atoms with Gasteiger partial charge in [-0.05, 0) is 36.8 Å². The van der Waals surface area contributed by atoms with Crippen molar-refractivity contribution in [1.82, 2.24) is 5.32 Å². The van der Waals surface area contributed by atoms with Crippen molar-refractivity contribution in [2.45, 2.75) is 31.6 Å². The van der Waals surface area contributed by atoms with Crippen LogP contribution in [0.1, 0.15) is 36.3 Å². The van der Waals surface area contributed by atoms with Crippen LogP contribution in [0.15, 0.2) is 24.3 Å². The lowest BCUT2D eigenvalue weighted by atomic mass is 9.79.